The smallest absolute Gasteiger partial charge is 0.162 e. The summed E-state index contributed by atoms with van der Waals surface area (Å²) in [6.45, 7) is 0. The molecule has 1 saturated carbocycles. The first-order chi connectivity index (χ1) is 4.84. The topological polar surface area (TPSA) is 9.23 Å². The van der Waals surface area contributed by atoms with E-state index in [1.165, 1.54) is 25.7 Å². The average molecular weight is 171 g/mol. The summed E-state index contributed by atoms with van der Waals surface area (Å²) in [5, 5.41) is 0.799. The largest absolute Gasteiger partial charge is 0.491 e. The van der Waals surface area contributed by atoms with E-state index in [1.54, 1.807) is 0 Å². The Bertz CT molecular complexity index is 121. The first-order valence-electron chi connectivity index (χ1n) is 3.66. The maximum absolute atomic E-state index is 5.17. The fraction of sp³-hybridized carbons (Fsp3) is 0.857. The van der Waals surface area contributed by atoms with Gasteiger partial charge < -0.3 is 4.74 Å². The molecule has 0 aromatic carbocycles. The first-order valence-corrected chi connectivity index (χ1v) is 4.77. The van der Waals surface area contributed by atoms with Crippen LogP contribution in [0.5, 0.6) is 0 Å². The van der Waals surface area contributed by atoms with Crippen LogP contribution in [0, 0.1) is 5.92 Å². The van der Waals surface area contributed by atoms with Gasteiger partial charge in [-0.25, -0.2) is 0 Å². The van der Waals surface area contributed by atoms with Gasteiger partial charge in [0.2, 0.25) is 0 Å². The van der Waals surface area contributed by atoms with Gasteiger partial charge in [0, 0.05) is 5.92 Å². The molecule has 55 valence electrons. The van der Waals surface area contributed by atoms with Crippen molar-refractivity contribution >= 4 is 27.5 Å². The Morgan fingerprint density at radius 1 is 1.50 bits per heavy atom. The van der Waals surface area contributed by atoms with Crippen molar-refractivity contribution in [2.24, 2.45) is 5.92 Å². The molecule has 1 rings (SSSR count). The molecule has 0 unspecified atom stereocenters. The predicted octanol–water partition coefficient (Wildman–Crippen LogP) is 1.65. The van der Waals surface area contributed by atoms with Crippen LogP contribution in [-0.4, -0.2) is 21.5 Å². The lowest BCUT2D eigenvalue weighted by Crippen LogP contribution is -2.12. The molecular weight excluding hydrogens is 160 g/mol. The number of hydrogen-bond donors (Lipinski definition) is 0. The maximum atomic E-state index is 5.17. The van der Waals surface area contributed by atoms with Crippen LogP contribution in [-0.2, 0) is 4.74 Å². The minimum Gasteiger partial charge on any atom is -0.491 e. The van der Waals surface area contributed by atoms with Crippen molar-refractivity contribution in [1.82, 2.24) is 0 Å². The van der Waals surface area contributed by atoms with E-state index in [0.29, 0.717) is 12.1 Å². The van der Waals surface area contributed by atoms with Crippen molar-refractivity contribution in [3.05, 3.63) is 0 Å². The molecule has 0 aliphatic heterocycles. The third kappa shape index (κ3) is 2.06. The highest BCUT2D eigenvalue weighted by molar-refractivity contribution is 7.80. The van der Waals surface area contributed by atoms with E-state index in [2.05, 4.69) is 10.2 Å². The van der Waals surface area contributed by atoms with Crippen molar-refractivity contribution in [1.29, 1.82) is 0 Å². The highest BCUT2D eigenvalue weighted by atomic mass is 32.1. The van der Waals surface area contributed by atoms with Gasteiger partial charge >= 0.3 is 0 Å². The summed E-state index contributed by atoms with van der Waals surface area (Å²) in [5.41, 5.74) is 0. The third-order valence-corrected chi connectivity index (χ3v) is 2.50. The lowest BCUT2D eigenvalue weighted by Gasteiger charge is -2.10. The van der Waals surface area contributed by atoms with Gasteiger partial charge in [0.15, 0.2) is 5.05 Å². The van der Waals surface area contributed by atoms with Crippen LogP contribution in [0.2, 0.25) is 0 Å². The van der Waals surface area contributed by atoms with Crippen LogP contribution in [0.3, 0.4) is 0 Å². The van der Waals surface area contributed by atoms with E-state index >= 15 is 0 Å². The zero-order valence-electron chi connectivity index (χ0n) is 5.93. The van der Waals surface area contributed by atoms with Gasteiger partial charge in [-0.2, -0.15) is 0 Å². The molecule has 3 radical (unpaired) electrons. The normalized spacial score (nSPS) is 19.3. The Morgan fingerprint density at radius 3 is 2.60 bits per heavy atom. The van der Waals surface area contributed by atoms with E-state index in [1.807, 2.05) is 0 Å². The van der Waals surface area contributed by atoms with Crippen molar-refractivity contribution in [2.75, 3.05) is 6.23 Å². The van der Waals surface area contributed by atoms with E-state index < -0.39 is 0 Å². The Labute approximate surface area is 70.6 Å². The van der Waals surface area contributed by atoms with Gasteiger partial charge in [0.05, 0.1) is 16.5 Å². The van der Waals surface area contributed by atoms with Crippen molar-refractivity contribution < 1.29 is 4.74 Å². The second kappa shape index (κ2) is 4.08. The fourth-order valence-corrected chi connectivity index (χ4v) is 1.91. The van der Waals surface area contributed by atoms with Gasteiger partial charge in [-0.15, -0.1) is 0 Å². The molecule has 1 aliphatic rings. The second-order valence-electron chi connectivity index (χ2n) is 2.59. The van der Waals surface area contributed by atoms with E-state index in [4.69, 9.17) is 17.0 Å². The fourth-order valence-electron chi connectivity index (χ4n) is 1.35. The first kappa shape index (κ1) is 8.21. The quantitative estimate of drug-likeness (QED) is 0.461. The zero-order chi connectivity index (χ0) is 7.40. The Morgan fingerprint density at radius 2 is 2.10 bits per heavy atom. The van der Waals surface area contributed by atoms with Crippen molar-refractivity contribution in [3.63, 3.8) is 0 Å². The van der Waals surface area contributed by atoms with Gasteiger partial charge in [-0.3, -0.25) is 0 Å². The third-order valence-electron chi connectivity index (χ3n) is 1.90. The van der Waals surface area contributed by atoms with Gasteiger partial charge in [-0.1, -0.05) is 12.8 Å². The van der Waals surface area contributed by atoms with Crippen LogP contribution in [0.1, 0.15) is 25.7 Å². The Hall–Kier alpha value is 0.107. The number of thiocarbonyl (C=S) groups is 1. The van der Waals surface area contributed by atoms with E-state index in [9.17, 15) is 0 Å². The molecule has 3 heteroatoms. The molecule has 0 N–H and O–H groups in total. The molecule has 0 bridgehead atoms. The lowest BCUT2D eigenvalue weighted by atomic mass is 10.1. The Kier molecular flexibility index (Phi) is 3.35. The van der Waals surface area contributed by atoms with E-state index in [0.717, 1.165) is 5.05 Å². The summed E-state index contributed by atoms with van der Waals surface area (Å²) in [6, 6.07) is 0. The zero-order valence-corrected chi connectivity index (χ0v) is 7.75. The van der Waals surface area contributed by atoms with Crippen LogP contribution in [0.4, 0.5) is 0 Å². The number of ether oxygens (including phenoxy) is 1. The van der Waals surface area contributed by atoms with E-state index in [-0.39, 0.29) is 0 Å². The molecule has 0 heterocycles. The summed E-state index contributed by atoms with van der Waals surface area (Å²) in [4.78, 5) is 0. The predicted molar refractivity (Wildman–Crippen MR) is 46.3 cm³/mol. The van der Waals surface area contributed by atoms with Crippen molar-refractivity contribution in [2.45, 2.75) is 25.7 Å². The molecule has 0 saturated heterocycles. The average Bonchev–Trinajstić information content (AvgIpc) is 2.38. The van der Waals surface area contributed by atoms with Gasteiger partial charge in [0.25, 0.3) is 0 Å². The van der Waals surface area contributed by atoms with Crippen LogP contribution in [0.15, 0.2) is 0 Å². The highest BCUT2D eigenvalue weighted by Crippen LogP contribution is 2.26. The summed E-state index contributed by atoms with van der Waals surface area (Å²) < 4.78 is 5.17. The van der Waals surface area contributed by atoms with Crippen molar-refractivity contribution in [3.8, 4) is 0 Å². The molecule has 0 amide bonds. The lowest BCUT2D eigenvalue weighted by molar-refractivity contribution is 0.354. The molecule has 10 heavy (non-hydrogen) atoms. The van der Waals surface area contributed by atoms with Crippen LogP contribution in [0.25, 0.3) is 0 Å². The molecule has 0 aromatic rings. The highest BCUT2D eigenvalue weighted by Gasteiger charge is 2.19. The minimum atomic E-state index is 0.537. The molecule has 0 atom stereocenters. The standard InChI is InChI=1S/C7H11OSSi/c9-7(8-5-10)6-3-1-2-4-6/h6H,1-5H2. The summed E-state index contributed by atoms with van der Waals surface area (Å²) in [6.07, 6.45) is 5.62. The summed E-state index contributed by atoms with van der Waals surface area (Å²) in [7, 11) is 3.23. The summed E-state index contributed by atoms with van der Waals surface area (Å²) in [5.74, 6) is 0.561. The molecule has 1 nitrogen and oxygen atoms in total. The molecule has 0 spiro atoms. The molecule has 1 fully saturated rings. The SMILES string of the molecule is [Si]COC(=S)C1CCCC1. The maximum Gasteiger partial charge on any atom is 0.162 e. The number of rotatable bonds is 2. The molecular formula is C7H11OSSi. The number of hydrogen-bond acceptors (Lipinski definition) is 2. The van der Waals surface area contributed by atoms with Crippen LogP contribution < -0.4 is 0 Å². The second-order valence-corrected chi connectivity index (χ2v) is 3.28. The van der Waals surface area contributed by atoms with Gasteiger partial charge in [-0.05, 0) is 25.1 Å². The Balaban J connectivity index is 2.25. The van der Waals surface area contributed by atoms with Crippen LogP contribution >= 0.6 is 12.2 Å². The molecule has 1 aliphatic carbocycles. The molecule has 0 aromatic heterocycles. The summed E-state index contributed by atoms with van der Waals surface area (Å²) >= 11 is 5.06. The minimum absolute atomic E-state index is 0.537. The monoisotopic (exact) mass is 171 g/mol. The van der Waals surface area contributed by atoms with Gasteiger partial charge in [0.1, 0.15) is 0 Å².